The van der Waals surface area contributed by atoms with E-state index in [2.05, 4.69) is 9.68 Å². The zero-order valence-electron chi connectivity index (χ0n) is 8.59. The maximum Gasteiger partial charge on any atom is 0.342 e. The highest BCUT2D eigenvalue weighted by Crippen LogP contribution is 2.22. The topological polar surface area (TPSA) is 72.6 Å². The van der Waals surface area contributed by atoms with Crippen LogP contribution >= 0.6 is 0 Å². The van der Waals surface area contributed by atoms with Crippen molar-refractivity contribution in [2.24, 2.45) is 0 Å². The molecule has 0 saturated carbocycles. The average Bonchev–Trinajstić information content (AvgIpc) is 2.78. The van der Waals surface area contributed by atoms with Gasteiger partial charge in [0.05, 0.1) is 0 Å². The molecular formula is C11H8FNO4. The minimum Gasteiger partial charge on any atom is -0.486 e. The Hall–Kier alpha value is -2.37. The molecule has 1 N–H and O–H groups in total. The predicted molar refractivity (Wildman–Crippen MR) is 54.2 cm³/mol. The Morgan fingerprint density at radius 2 is 2.29 bits per heavy atom. The van der Waals surface area contributed by atoms with Gasteiger partial charge in [0.2, 0.25) is 0 Å². The van der Waals surface area contributed by atoms with Crippen LogP contribution in [0, 0.1) is 5.82 Å². The SMILES string of the molecule is O=C(O)c1c(F)cccc1OCc1ccon1. The minimum atomic E-state index is -1.38. The summed E-state index contributed by atoms with van der Waals surface area (Å²) in [5.41, 5.74) is 0.00148. The fraction of sp³-hybridized carbons (Fsp3) is 0.0909. The first-order valence-electron chi connectivity index (χ1n) is 4.72. The first-order chi connectivity index (χ1) is 8.18. The van der Waals surface area contributed by atoms with Crippen LogP contribution in [0.4, 0.5) is 4.39 Å². The van der Waals surface area contributed by atoms with Crippen molar-refractivity contribution in [1.29, 1.82) is 0 Å². The quantitative estimate of drug-likeness (QED) is 0.881. The zero-order chi connectivity index (χ0) is 12.3. The highest BCUT2D eigenvalue weighted by Gasteiger charge is 2.16. The summed E-state index contributed by atoms with van der Waals surface area (Å²) < 4.78 is 23.0. The predicted octanol–water partition coefficient (Wildman–Crippen LogP) is 2.09. The molecule has 5 nitrogen and oxygen atoms in total. The Labute approximate surface area is 95.4 Å². The molecule has 0 atom stereocenters. The van der Waals surface area contributed by atoms with E-state index in [-0.39, 0.29) is 12.4 Å². The van der Waals surface area contributed by atoms with E-state index < -0.39 is 17.3 Å². The number of carboxylic acids is 1. The summed E-state index contributed by atoms with van der Waals surface area (Å²) in [6.45, 7) is 0.0141. The van der Waals surface area contributed by atoms with Gasteiger partial charge in [-0.15, -0.1) is 0 Å². The van der Waals surface area contributed by atoms with E-state index in [0.29, 0.717) is 5.69 Å². The van der Waals surface area contributed by atoms with Gasteiger partial charge >= 0.3 is 5.97 Å². The molecule has 0 aliphatic carbocycles. The van der Waals surface area contributed by atoms with Gasteiger partial charge in [0.25, 0.3) is 0 Å². The Morgan fingerprint density at radius 3 is 2.94 bits per heavy atom. The van der Waals surface area contributed by atoms with Gasteiger partial charge in [0, 0.05) is 6.07 Å². The monoisotopic (exact) mass is 237 g/mol. The Kier molecular flexibility index (Phi) is 3.04. The fourth-order valence-electron chi connectivity index (χ4n) is 1.30. The van der Waals surface area contributed by atoms with E-state index in [1.807, 2.05) is 0 Å². The van der Waals surface area contributed by atoms with Crippen molar-refractivity contribution in [1.82, 2.24) is 5.16 Å². The van der Waals surface area contributed by atoms with Crippen LogP contribution in [-0.2, 0) is 6.61 Å². The number of aromatic nitrogens is 1. The summed E-state index contributed by atoms with van der Waals surface area (Å²) in [6.07, 6.45) is 1.36. The van der Waals surface area contributed by atoms with Crippen molar-refractivity contribution in [2.75, 3.05) is 0 Å². The Morgan fingerprint density at radius 1 is 1.47 bits per heavy atom. The summed E-state index contributed by atoms with van der Waals surface area (Å²) in [6, 6.07) is 5.39. The highest BCUT2D eigenvalue weighted by molar-refractivity contribution is 5.91. The van der Waals surface area contributed by atoms with Crippen LogP contribution in [0.5, 0.6) is 5.75 Å². The maximum absolute atomic E-state index is 13.3. The van der Waals surface area contributed by atoms with Gasteiger partial charge in [-0.3, -0.25) is 0 Å². The molecule has 0 radical (unpaired) electrons. The van der Waals surface area contributed by atoms with Crippen LogP contribution in [0.2, 0.25) is 0 Å². The molecule has 2 aromatic rings. The minimum absolute atomic E-state index is 0.0141. The van der Waals surface area contributed by atoms with E-state index in [1.54, 1.807) is 6.07 Å². The third-order valence-electron chi connectivity index (χ3n) is 2.06. The van der Waals surface area contributed by atoms with Crippen molar-refractivity contribution in [3.05, 3.63) is 47.6 Å². The molecule has 1 aromatic carbocycles. The number of hydrogen-bond donors (Lipinski definition) is 1. The lowest BCUT2D eigenvalue weighted by molar-refractivity contribution is 0.0686. The van der Waals surface area contributed by atoms with Gasteiger partial charge in [-0.2, -0.15) is 0 Å². The molecule has 0 unspecified atom stereocenters. The third kappa shape index (κ3) is 2.41. The molecule has 0 saturated heterocycles. The fourth-order valence-corrected chi connectivity index (χ4v) is 1.30. The van der Waals surface area contributed by atoms with E-state index >= 15 is 0 Å². The molecular weight excluding hydrogens is 229 g/mol. The van der Waals surface area contributed by atoms with Crippen molar-refractivity contribution in [2.45, 2.75) is 6.61 Å². The lowest BCUT2D eigenvalue weighted by atomic mass is 10.2. The lowest BCUT2D eigenvalue weighted by Crippen LogP contribution is -2.06. The normalized spacial score (nSPS) is 10.2. The van der Waals surface area contributed by atoms with E-state index in [4.69, 9.17) is 9.84 Å². The Balaban J connectivity index is 2.21. The summed E-state index contributed by atoms with van der Waals surface area (Å²) in [4.78, 5) is 10.8. The van der Waals surface area contributed by atoms with Crippen LogP contribution in [0.1, 0.15) is 16.1 Å². The van der Waals surface area contributed by atoms with Gasteiger partial charge in [-0.1, -0.05) is 11.2 Å². The number of halogens is 1. The van der Waals surface area contributed by atoms with Gasteiger partial charge in [-0.25, -0.2) is 9.18 Å². The largest absolute Gasteiger partial charge is 0.486 e. The number of carbonyl (C=O) groups is 1. The van der Waals surface area contributed by atoms with Crippen LogP contribution in [-0.4, -0.2) is 16.2 Å². The van der Waals surface area contributed by atoms with E-state index in [0.717, 1.165) is 6.07 Å². The molecule has 88 valence electrons. The van der Waals surface area contributed by atoms with Crippen molar-refractivity contribution in [3.8, 4) is 5.75 Å². The molecule has 0 amide bonds. The first-order valence-corrected chi connectivity index (χ1v) is 4.72. The summed E-state index contributed by atoms with van der Waals surface area (Å²) in [5, 5.41) is 12.4. The van der Waals surface area contributed by atoms with Gasteiger partial charge in [-0.05, 0) is 12.1 Å². The second-order valence-corrected chi connectivity index (χ2v) is 3.20. The standard InChI is InChI=1S/C11H8FNO4/c12-8-2-1-3-9(10(8)11(14)15)16-6-7-4-5-17-13-7/h1-5H,6H2,(H,14,15). The summed E-state index contributed by atoms with van der Waals surface area (Å²) >= 11 is 0. The van der Waals surface area contributed by atoms with Crippen LogP contribution in [0.15, 0.2) is 35.1 Å². The second kappa shape index (κ2) is 4.65. The molecule has 0 bridgehead atoms. The first kappa shape index (κ1) is 11.1. The van der Waals surface area contributed by atoms with Gasteiger partial charge in [0.15, 0.2) is 0 Å². The summed E-state index contributed by atoms with van der Waals surface area (Å²) in [7, 11) is 0. The van der Waals surface area contributed by atoms with E-state index in [1.165, 1.54) is 18.4 Å². The molecule has 2 rings (SSSR count). The molecule has 0 aliphatic rings. The highest BCUT2D eigenvalue weighted by atomic mass is 19.1. The number of aromatic carboxylic acids is 1. The second-order valence-electron chi connectivity index (χ2n) is 3.20. The molecule has 0 spiro atoms. The average molecular weight is 237 g/mol. The number of rotatable bonds is 4. The van der Waals surface area contributed by atoms with E-state index in [9.17, 15) is 9.18 Å². The third-order valence-corrected chi connectivity index (χ3v) is 2.06. The lowest BCUT2D eigenvalue weighted by Gasteiger charge is -2.07. The smallest absolute Gasteiger partial charge is 0.342 e. The number of benzene rings is 1. The van der Waals surface area contributed by atoms with Crippen molar-refractivity contribution in [3.63, 3.8) is 0 Å². The van der Waals surface area contributed by atoms with Crippen LogP contribution < -0.4 is 4.74 Å². The number of hydrogen-bond acceptors (Lipinski definition) is 4. The van der Waals surface area contributed by atoms with Crippen molar-refractivity contribution < 1.29 is 23.6 Å². The van der Waals surface area contributed by atoms with Crippen LogP contribution in [0.3, 0.4) is 0 Å². The van der Waals surface area contributed by atoms with Crippen molar-refractivity contribution >= 4 is 5.97 Å². The molecule has 1 aromatic heterocycles. The number of ether oxygens (including phenoxy) is 1. The molecule has 0 fully saturated rings. The van der Waals surface area contributed by atoms with Gasteiger partial charge in [0.1, 0.15) is 35.7 Å². The molecule has 6 heteroatoms. The number of carboxylic acid groups (broad SMARTS) is 1. The maximum atomic E-state index is 13.3. The molecule has 0 aliphatic heterocycles. The van der Waals surface area contributed by atoms with Gasteiger partial charge < -0.3 is 14.4 Å². The molecule has 1 heterocycles. The molecule has 17 heavy (non-hydrogen) atoms. The summed E-state index contributed by atoms with van der Waals surface area (Å²) in [5.74, 6) is -2.26. The Bertz CT molecular complexity index is 524. The zero-order valence-corrected chi connectivity index (χ0v) is 8.59. The number of nitrogens with zero attached hydrogens (tertiary/aromatic N) is 1. The van der Waals surface area contributed by atoms with Crippen LogP contribution in [0.25, 0.3) is 0 Å².